The third-order valence-corrected chi connectivity index (χ3v) is 4.22. The Bertz CT molecular complexity index is 613. The molecule has 0 rings (SSSR count). The Balaban J connectivity index is 5.49. The lowest BCUT2D eigenvalue weighted by atomic mass is 10.1. The van der Waals surface area contributed by atoms with Crippen molar-refractivity contribution in [1.82, 2.24) is 5.32 Å². The van der Waals surface area contributed by atoms with Crippen molar-refractivity contribution in [3.63, 3.8) is 0 Å². The second kappa shape index (κ2) is 7.87. The number of carbonyl (C=O) groups excluding carboxylic acids is 1. The molecule has 0 aliphatic heterocycles. The fourth-order valence-corrected chi connectivity index (χ4v) is 2.68. The Kier molecular flexibility index (Phi) is 7.21. The van der Waals surface area contributed by atoms with Crippen molar-refractivity contribution in [2.75, 3.05) is 13.3 Å². The van der Waals surface area contributed by atoms with Crippen molar-refractivity contribution >= 4 is 27.3 Å². The summed E-state index contributed by atoms with van der Waals surface area (Å²) in [6.45, 7) is 6.39. The topological polar surface area (TPSA) is 99.4 Å². The van der Waals surface area contributed by atoms with Gasteiger partial charge in [0.1, 0.15) is 11.1 Å². The van der Waals surface area contributed by atoms with Crippen LogP contribution in [-0.2, 0) is 14.6 Å². The van der Waals surface area contributed by atoms with E-state index < -0.39 is 15.1 Å². The fourth-order valence-electron chi connectivity index (χ4n) is 1.58. The fraction of sp³-hybridized carbons (Fsp3) is 0.500. The van der Waals surface area contributed by atoms with E-state index in [1.54, 1.807) is 27.0 Å². The van der Waals surface area contributed by atoms with Gasteiger partial charge in [-0.25, -0.2) is 8.42 Å². The zero-order valence-electron chi connectivity index (χ0n) is 13.3. The number of amidine groups is 1. The van der Waals surface area contributed by atoms with Crippen LogP contribution in [0.4, 0.5) is 0 Å². The minimum atomic E-state index is -3.37. The number of nitrogens with zero attached hydrogens (tertiary/aromatic N) is 1. The smallest absolute Gasteiger partial charge is 0.222 e. The molecule has 6 nitrogen and oxygen atoms in total. The van der Waals surface area contributed by atoms with Gasteiger partial charge in [0.2, 0.25) is 5.91 Å². The lowest BCUT2D eigenvalue weighted by Gasteiger charge is -2.12. The van der Waals surface area contributed by atoms with Crippen LogP contribution in [0.25, 0.3) is 0 Å². The number of hydrogen-bond acceptors (Lipinski definition) is 5. The first-order valence-corrected chi connectivity index (χ1v) is 8.29. The van der Waals surface area contributed by atoms with Gasteiger partial charge in [-0.3, -0.25) is 9.79 Å². The van der Waals surface area contributed by atoms with Gasteiger partial charge >= 0.3 is 0 Å². The molecule has 0 bridgehead atoms. The SMILES string of the molecule is CN=C(/C=C(C)/C(C)=C/C(C(C)=N)S(C)(=O)=O)NC(C)=O. The maximum atomic E-state index is 11.7. The number of allylic oxidation sites excluding steroid dienone is 2. The highest BCUT2D eigenvalue weighted by molar-refractivity contribution is 7.92. The maximum Gasteiger partial charge on any atom is 0.222 e. The van der Waals surface area contributed by atoms with E-state index >= 15 is 0 Å². The van der Waals surface area contributed by atoms with Gasteiger partial charge in [-0.1, -0.05) is 11.6 Å². The molecule has 1 amide bonds. The van der Waals surface area contributed by atoms with E-state index in [0.29, 0.717) is 11.4 Å². The Morgan fingerprint density at radius 2 is 1.71 bits per heavy atom. The molecular formula is C14H23N3O3S. The standard InChI is InChI=1S/C14H23N3O3S/c1-9(7-13(11(3)15)21(6,19)20)10(2)8-14(16-5)17-12(4)18/h7-8,13,15H,1-6H3,(H,16,17,18)/b9-7+,10-8+,15-11?. The van der Waals surface area contributed by atoms with Crippen LogP contribution in [-0.4, -0.2) is 44.4 Å². The normalized spacial score (nSPS) is 15.6. The second-order valence-electron chi connectivity index (χ2n) is 4.90. The largest absolute Gasteiger partial charge is 0.311 e. The molecule has 0 aliphatic carbocycles. The summed E-state index contributed by atoms with van der Waals surface area (Å²) in [7, 11) is -1.82. The van der Waals surface area contributed by atoms with E-state index in [9.17, 15) is 13.2 Å². The summed E-state index contributed by atoms with van der Waals surface area (Å²) >= 11 is 0. The van der Waals surface area contributed by atoms with E-state index in [-0.39, 0.29) is 11.6 Å². The second-order valence-corrected chi connectivity index (χ2v) is 7.07. The molecule has 7 heteroatoms. The highest BCUT2D eigenvalue weighted by atomic mass is 32.2. The maximum absolute atomic E-state index is 11.7. The molecule has 0 radical (unpaired) electrons. The molecular weight excluding hydrogens is 290 g/mol. The summed E-state index contributed by atoms with van der Waals surface area (Å²) in [5.41, 5.74) is 1.54. The zero-order chi connectivity index (χ0) is 16.8. The molecule has 0 aromatic carbocycles. The Hall–Kier alpha value is -1.76. The average Bonchev–Trinajstić information content (AvgIpc) is 2.31. The zero-order valence-corrected chi connectivity index (χ0v) is 14.1. The van der Waals surface area contributed by atoms with E-state index in [2.05, 4.69) is 10.3 Å². The third-order valence-electron chi connectivity index (χ3n) is 2.81. The molecule has 1 atom stereocenters. The number of amides is 1. The van der Waals surface area contributed by atoms with Crippen molar-refractivity contribution < 1.29 is 13.2 Å². The van der Waals surface area contributed by atoms with Crippen LogP contribution in [0.5, 0.6) is 0 Å². The van der Waals surface area contributed by atoms with Gasteiger partial charge in [-0.15, -0.1) is 0 Å². The number of rotatable bonds is 5. The molecule has 118 valence electrons. The van der Waals surface area contributed by atoms with Crippen LogP contribution in [0.15, 0.2) is 28.3 Å². The number of aliphatic imine (C=N–C) groups is 1. The van der Waals surface area contributed by atoms with Crippen LogP contribution in [0.3, 0.4) is 0 Å². The summed E-state index contributed by atoms with van der Waals surface area (Å²) in [6, 6.07) is 0. The monoisotopic (exact) mass is 313 g/mol. The van der Waals surface area contributed by atoms with Gasteiger partial charge in [0.15, 0.2) is 9.84 Å². The molecule has 0 aliphatic rings. The number of carbonyl (C=O) groups is 1. The van der Waals surface area contributed by atoms with Crippen LogP contribution in [0, 0.1) is 5.41 Å². The molecule has 0 heterocycles. The van der Waals surface area contributed by atoms with Gasteiger partial charge in [0.05, 0.1) is 0 Å². The Morgan fingerprint density at radius 1 is 1.19 bits per heavy atom. The first kappa shape index (κ1) is 19.2. The van der Waals surface area contributed by atoms with Gasteiger partial charge in [-0.05, 0) is 32.4 Å². The van der Waals surface area contributed by atoms with Crippen LogP contribution >= 0.6 is 0 Å². The number of nitrogens with one attached hydrogen (secondary N) is 2. The van der Waals surface area contributed by atoms with Crippen LogP contribution < -0.4 is 5.32 Å². The number of sulfone groups is 1. The summed E-state index contributed by atoms with van der Waals surface area (Å²) in [4.78, 5) is 15.0. The van der Waals surface area contributed by atoms with Gasteiger partial charge < -0.3 is 10.7 Å². The van der Waals surface area contributed by atoms with E-state index in [4.69, 9.17) is 5.41 Å². The summed E-state index contributed by atoms with van der Waals surface area (Å²) in [5, 5.41) is 9.22. The lowest BCUT2D eigenvalue weighted by molar-refractivity contribution is -0.117. The van der Waals surface area contributed by atoms with Crippen molar-refractivity contribution in [2.24, 2.45) is 4.99 Å². The Labute approximate surface area is 126 Å². The van der Waals surface area contributed by atoms with E-state index in [0.717, 1.165) is 11.8 Å². The van der Waals surface area contributed by atoms with Crippen LogP contribution in [0.2, 0.25) is 0 Å². The van der Waals surface area contributed by atoms with Crippen molar-refractivity contribution in [2.45, 2.75) is 32.9 Å². The molecule has 0 saturated carbocycles. The van der Waals surface area contributed by atoms with Crippen molar-refractivity contribution in [3.05, 3.63) is 23.3 Å². The van der Waals surface area contributed by atoms with Crippen molar-refractivity contribution in [1.29, 1.82) is 5.41 Å². The predicted molar refractivity (Wildman–Crippen MR) is 86.7 cm³/mol. The van der Waals surface area contributed by atoms with Gasteiger partial charge in [0.25, 0.3) is 0 Å². The molecule has 21 heavy (non-hydrogen) atoms. The van der Waals surface area contributed by atoms with Gasteiger partial charge in [-0.2, -0.15) is 0 Å². The third kappa shape index (κ3) is 6.99. The highest BCUT2D eigenvalue weighted by Crippen LogP contribution is 2.13. The molecule has 0 fully saturated rings. The average molecular weight is 313 g/mol. The minimum absolute atomic E-state index is 0.0656. The number of hydrogen-bond donors (Lipinski definition) is 2. The minimum Gasteiger partial charge on any atom is -0.311 e. The molecule has 1 unspecified atom stereocenters. The molecule has 0 aromatic heterocycles. The van der Waals surface area contributed by atoms with Crippen molar-refractivity contribution in [3.8, 4) is 0 Å². The summed E-state index contributed by atoms with van der Waals surface area (Å²) < 4.78 is 23.3. The molecule has 0 spiro atoms. The Morgan fingerprint density at radius 3 is 2.05 bits per heavy atom. The van der Waals surface area contributed by atoms with Crippen LogP contribution in [0.1, 0.15) is 27.7 Å². The quantitative estimate of drug-likeness (QED) is 0.457. The summed E-state index contributed by atoms with van der Waals surface area (Å²) in [6.07, 6.45) is 4.30. The summed E-state index contributed by atoms with van der Waals surface area (Å²) in [5.74, 6) is 0.167. The van der Waals surface area contributed by atoms with E-state index in [1.165, 1.54) is 19.9 Å². The first-order chi connectivity index (χ1) is 9.48. The first-order valence-electron chi connectivity index (χ1n) is 6.34. The van der Waals surface area contributed by atoms with E-state index in [1.807, 2.05) is 0 Å². The highest BCUT2D eigenvalue weighted by Gasteiger charge is 2.20. The lowest BCUT2D eigenvalue weighted by Crippen LogP contribution is -2.27. The molecule has 0 saturated heterocycles. The predicted octanol–water partition coefficient (Wildman–Crippen LogP) is 1.50. The molecule has 2 N–H and O–H groups in total. The van der Waals surface area contributed by atoms with Gasteiger partial charge in [0, 0.05) is 25.9 Å². The molecule has 0 aromatic rings.